The molecular weight excluding hydrogens is 190 g/mol. The van der Waals surface area contributed by atoms with E-state index in [9.17, 15) is 0 Å². The van der Waals surface area contributed by atoms with Gasteiger partial charge < -0.3 is 0 Å². The predicted molar refractivity (Wildman–Crippen MR) is 62.3 cm³/mol. The van der Waals surface area contributed by atoms with Crippen molar-refractivity contribution < 1.29 is 0 Å². The molecule has 2 aromatic rings. The molecule has 0 fully saturated rings. The van der Waals surface area contributed by atoms with Crippen LogP contribution in [0.15, 0.2) is 46.3 Å². The van der Waals surface area contributed by atoms with Crippen molar-refractivity contribution >= 4 is 28.7 Å². The summed E-state index contributed by atoms with van der Waals surface area (Å²) >= 11 is 1.81. The summed E-state index contributed by atoms with van der Waals surface area (Å²) in [5.41, 5.74) is 1.28. The van der Waals surface area contributed by atoms with Crippen molar-refractivity contribution in [2.75, 3.05) is 5.88 Å². The third kappa shape index (κ3) is 1.15. The Labute approximate surface area is 86.9 Å². The number of fused-ring (bicyclic) bond motifs is 3. The van der Waals surface area contributed by atoms with E-state index in [0.717, 1.165) is 5.88 Å². The minimum absolute atomic E-state index is 0.853. The largest absolute Gasteiger partial charge is 0.281 e. The lowest BCUT2D eigenvalue weighted by molar-refractivity contribution is 1.33. The van der Waals surface area contributed by atoms with Crippen molar-refractivity contribution in [3.05, 3.63) is 42.0 Å². The van der Waals surface area contributed by atoms with Crippen LogP contribution in [0.4, 0.5) is 0 Å². The predicted octanol–water partition coefficient (Wildman–Crippen LogP) is 3.32. The fourth-order valence-corrected chi connectivity index (χ4v) is 2.54. The molecule has 1 aliphatic heterocycles. The maximum absolute atomic E-state index is 4.31. The van der Waals surface area contributed by atoms with Crippen LogP contribution in [0.25, 0.3) is 10.8 Å². The van der Waals surface area contributed by atoms with Crippen LogP contribution in [-0.2, 0) is 0 Å². The fourth-order valence-electron chi connectivity index (χ4n) is 1.77. The SMILES string of the molecule is C1=NCSc2ccc3ccccc3c21. The van der Waals surface area contributed by atoms with Crippen molar-refractivity contribution in [2.24, 2.45) is 4.99 Å². The molecular formula is C12H9NS. The smallest absolute Gasteiger partial charge is 0.0890 e. The van der Waals surface area contributed by atoms with Crippen LogP contribution < -0.4 is 0 Å². The summed E-state index contributed by atoms with van der Waals surface area (Å²) in [6.07, 6.45) is 1.99. The van der Waals surface area contributed by atoms with Crippen molar-refractivity contribution in [1.82, 2.24) is 0 Å². The molecule has 68 valence electrons. The quantitative estimate of drug-likeness (QED) is 0.634. The Kier molecular flexibility index (Phi) is 1.81. The van der Waals surface area contributed by atoms with Gasteiger partial charge in [0.15, 0.2) is 0 Å². The number of benzene rings is 2. The van der Waals surface area contributed by atoms with E-state index in [1.165, 1.54) is 21.2 Å². The number of hydrogen-bond acceptors (Lipinski definition) is 2. The molecule has 14 heavy (non-hydrogen) atoms. The van der Waals surface area contributed by atoms with Crippen molar-refractivity contribution in [3.8, 4) is 0 Å². The molecule has 0 saturated carbocycles. The van der Waals surface area contributed by atoms with Gasteiger partial charge in [-0.2, -0.15) is 0 Å². The van der Waals surface area contributed by atoms with Crippen molar-refractivity contribution in [2.45, 2.75) is 4.90 Å². The highest BCUT2D eigenvalue weighted by Gasteiger charge is 2.08. The molecule has 2 aromatic carbocycles. The lowest BCUT2D eigenvalue weighted by Gasteiger charge is -2.11. The summed E-state index contributed by atoms with van der Waals surface area (Å²) < 4.78 is 0. The van der Waals surface area contributed by atoms with Crippen LogP contribution in [0.5, 0.6) is 0 Å². The van der Waals surface area contributed by atoms with E-state index in [1.807, 2.05) is 6.21 Å². The minimum atomic E-state index is 0.853. The molecule has 0 radical (unpaired) electrons. The van der Waals surface area contributed by atoms with Crippen LogP contribution in [-0.4, -0.2) is 12.1 Å². The molecule has 0 unspecified atom stereocenters. The van der Waals surface area contributed by atoms with Gasteiger partial charge in [-0.1, -0.05) is 30.3 Å². The highest BCUT2D eigenvalue weighted by Crippen LogP contribution is 2.30. The standard InChI is InChI=1S/C12H9NS/c1-2-4-10-9(3-1)5-6-12-11(10)7-13-8-14-12/h1-7H,8H2. The molecule has 0 amide bonds. The van der Waals surface area contributed by atoms with Gasteiger partial charge in [-0.3, -0.25) is 4.99 Å². The Bertz CT molecular complexity index is 517. The summed E-state index contributed by atoms with van der Waals surface area (Å²) in [6, 6.07) is 12.8. The molecule has 2 heteroatoms. The van der Waals surface area contributed by atoms with Crippen LogP contribution in [0, 0.1) is 0 Å². The minimum Gasteiger partial charge on any atom is -0.281 e. The molecule has 3 rings (SSSR count). The fraction of sp³-hybridized carbons (Fsp3) is 0.0833. The highest BCUT2D eigenvalue weighted by atomic mass is 32.2. The van der Waals surface area contributed by atoms with E-state index in [1.54, 1.807) is 11.8 Å². The van der Waals surface area contributed by atoms with Crippen molar-refractivity contribution in [3.63, 3.8) is 0 Å². The Hall–Kier alpha value is -1.28. The molecule has 0 saturated heterocycles. The number of nitrogens with zero attached hydrogens (tertiary/aromatic N) is 1. The Balaban J connectivity index is 2.42. The summed E-state index contributed by atoms with van der Waals surface area (Å²) in [5.74, 6) is 0.853. The Morgan fingerprint density at radius 2 is 2.00 bits per heavy atom. The number of rotatable bonds is 0. The summed E-state index contributed by atoms with van der Waals surface area (Å²) in [7, 11) is 0. The summed E-state index contributed by atoms with van der Waals surface area (Å²) in [5, 5.41) is 2.60. The first-order valence-corrected chi connectivity index (χ1v) is 5.58. The van der Waals surface area contributed by atoms with E-state index >= 15 is 0 Å². The topological polar surface area (TPSA) is 12.4 Å². The van der Waals surface area contributed by atoms with Gasteiger partial charge in [0.2, 0.25) is 0 Å². The van der Waals surface area contributed by atoms with Gasteiger partial charge in [-0.15, -0.1) is 11.8 Å². The Morgan fingerprint density at radius 1 is 1.07 bits per heavy atom. The van der Waals surface area contributed by atoms with Gasteiger partial charge >= 0.3 is 0 Å². The first-order chi connectivity index (χ1) is 6.95. The second-order valence-electron chi connectivity index (χ2n) is 3.28. The molecule has 0 N–H and O–H groups in total. The molecule has 0 bridgehead atoms. The monoisotopic (exact) mass is 199 g/mol. The van der Waals surface area contributed by atoms with Gasteiger partial charge in [-0.05, 0) is 16.8 Å². The first kappa shape index (κ1) is 8.06. The number of aliphatic imine (C=N–C) groups is 1. The second kappa shape index (κ2) is 3.14. The van der Waals surface area contributed by atoms with Gasteiger partial charge in [0, 0.05) is 16.7 Å². The molecule has 0 aromatic heterocycles. The zero-order chi connectivity index (χ0) is 9.38. The number of thioether (sulfide) groups is 1. The number of hydrogen-bond donors (Lipinski definition) is 0. The van der Waals surface area contributed by atoms with Crippen LogP contribution in [0.3, 0.4) is 0 Å². The van der Waals surface area contributed by atoms with E-state index in [4.69, 9.17) is 0 Å². The zero-order valence-corrected chi connectivity index (χ0v) is 8.42. The van der Waals surface area contributed by atoms with Crippen LogP contribution >= 0.6 is 11.8 Å². The third-order valence-corrected chi connectivity index (χ3v) is 3.39. The third-order valence-electron chi connectivity index (χ3n) is 2.45. The van der Waals surface area contributed by atoms with Gasteiger partial charge in [-0.25, -0.2) is 0 Å². The zero-order valence-electron chi connectivity index (χ0n) is 7.60. The van der Waals surface area contributed by atoms with E-state index in [0.29, 0.717) is 0 Å². The van der Waals surface area contributed by atoms with Gasteiger partial charge in [0.05, 0.1) is 5.88 Å². The maximum atomic E-state index is 4.31. The first-order valence-electron chi connectivity index (χ1n) is 4.59. The lowest BCUT2D eigenvalue weighted by atomic mass is 10.1. The second-order valence-corrected chi connectivity index (χ2v) is 4.27. The van der Waals surface area contributed by atoms with E-state index in [-0.39, 0.29) is 0 Å². The molecule has 1 aliphatic rings. The van der Waals surface area contributed by atoms with Gasteiger partial charge in [0.25, 0.3) is 0 Å². The van der Waals surface area contributed by atoms with Crippen LogP contribution in [0.2, 0.25) is 0 Å². The molecule has 0 spiro atoms. The lowest BCUT2D eigenvalue weighted by Crippen LogP contribution is -1.94. The Morgan fingerprint density at radius 3 is 3.00 bits per heavy atom. The maximum Gasteiger partial charge on any atom is 0.0890 e. The van der Waals surface area contributed by atoms with E-state index < -0.39 is 0 Å². The molecule has 0 aliphatic carbocycles. The molecule has 1 nitrogen and oxygen atoms in total. The average Bonchev–Trinajstić information content (AvgIpc) is 2.29. The molecule has 1 heterocycles. The summed E-state index contributed by atoms with van der Waals surface area (Å²) in [4.78, 5) is 5.65. The average molecular weight is 199 g/mol. The summed E-state index contributed by atoms with van der Waals surface area (Å²) in [6.45, 7) is 0. The van der Waals surface area contributed by atoms with Gasteiger partial charge in [0.1, 0.15) is 0 Å². The van der Waals surface area contributed by atoms with E-state index in [2.05, 4.69) is 41.4 Å². The van der Waals surface area contributed by atoms with Crippen molar-refractivity contribution in [1.29, 1.82) is 0 Å². The highest BCUT2D eigenvalue weighted by molar-refractivity contribution is 7.99. The van der Waals surface area contributed by atoms with Crippen LogP contribution in [0.1, 0.15) is 5.56 Å². The molecule has 0 atom stereocenters. The normalized spacial score (nSPS) is 14.3.